The molecule has 1 aromatic carbocycles. The quantitative estimate of drug-likeness (QED) is 0.409. The molecule has 0 spiro atoms. The number of nitrogens with one attached hydrogen (secondary N) is 1. The van der Waals surface area contributed by atoms with E-state index >= 15 is 0 Å². The third-order valence-corrected chi connectivity index (χ3v) is 7.17. The van der Waals surface area contributed by atoms with Gasteiger partial charge in [0.05, 0.1) is 11.8 Å². The average molecular weight is 455 g/mol. The number of carbonyl (C=O) groups is 1. The highest BCUT2D eigenvalue weighted by Crippen LogP contribution is 2.37. The summed E-state index contributed by atoms with van der Waals surface area (Å²) >= 11 is 1.16. The van der Waals surface area contributed by atoms with E-state index in [-0.39, 0.29) is 4.88 Å². The summed E-state index contributed by atoms with van der Waals surface area (Å²) in [5.74, 6) is -0.110. The van der Waals surface area contributed by atoms with E-state index in [9.17, 15) is 15.0 Å². The molecule has 0 amide bonds. The average Bonchev–Trinajstić information content (AvgIpc) is 3.15. The van der Waals surface area contributed by atoms with Gasteiger partial charge in [0.25, 0.3) is 0 Å². The molecular formula is C24H30N4O3S. The van der Waals surface area contributed by atoms with Crippen LogP contribution in [0.15, 0.2) is 36.4 Å². The molecule has 0 bridgehead atoms. The molecule has 5 N–H and O–H groups in total. The minimum atomic E-state index is -1.00. The van der Waals surface area contributed by atoms with Crippen LogP contribution in [0.4, 0.5) is 11.5 Å². The molecule has 0 aliphatic carbocycles. The molecule has 0 radical (unpaired) electrons. The summed E-state index contributed by atoms with van der Waals surface area (Å²) in [5, 5.41) is 24.2. The third-order valence-electron chi connectivity index (χ3n) is 6.08. The lowest BCUT2D eigenvalue weighted by Crippen LogP contribution is -2.44. The normalized spacial score (nSPS) is 15.9. The summed E-state index contributed by atoms with van der Waals surface area (Å²) in [5.41, 5.74) is 8.49. The standard InChI is InChI=1S/C24H30N4O3S/c1-2-6-16-13-19(27-23-20(16)21(25)22(32-23)24(30)31)28-11-9-17(10-12-28)26-14-18(29)15-7-4-3-5-8-15/h3-5,7-8,13,17-18,26,29H,2,6,9-12,14,25H2,1H3,(H,30,31). The number of carboxylic acids is 1. The van der Waals surface area contributed by atoms with Gasteiger partial charge in [0.15, 0.2) is 0 Å². The van der Waals surface area contributed by atoms with E-state index in [1.165, 1.54) is 0 Å². The van der Waals surface area contributed by atoms with Crippen LogP contribution in [0, 0.1) is 0 Å². The summed E-state index contributed by atoms with van der Waals surface area (Å²) in [7, 11) is 0. The fourth-order valence-electron chi connectivity index (χ4n) is 4.36. The molecule has 1 unspecified atom stereocenters. The number of nitrogens with zero attached hydrogens (tertiary/aromatic N) is 2. The maximum atomic E-state index is 11.6. The van der Waals surface area contributed by atoms with Crippen LogP contribution in [0.2, 0.25) is 0 Å². The summed E-state index contributed by atoms with van der Waals surface area (Å²) in [6.45, 7) is 4.35. The van der Waals surface area contributed by atoms with Gasteiger partial charge < -0.3 is 26.2 Å². The molecule has 3 aromatic rings. The predicted molar refractivity (Wildman–Crippen MR) is 130 cm³/mol. The Morgan fingerprint density at radius 2 is 2.03 bits per heavy atom. The van der Waals surface area contributed by atoms with Crippen molar-refractivity contribution in [2.24, 2.45) is 0 Å². The third kappa shape index (κ3) is 4.72. The lowest BCUT2D eigenvalue weighted by molar-refractivity contribution is 0.0703. The summed E-state index contributed by atoms with van der Waals surface area (Å²) in [6, 6.07) is 12.1. The van der Waals surface area contributed by atoms with E-state index in [0.717, 1.165) is 72.4 Å². The minimum absolute atomic E-state index is 0.168. The topological polar surface area (TPSA) is 112 Å². The van der Waals surface area contributed by atoms with Crippen molar-refractivity contribution in [3.05, 3.63) is 52.4 Å². The smallest absolute Gasteiger partial charge is 0.348 e. The lowest BCUT2D eigenvalue weighted by atomic mass is 10.0. The molecule has 1 aliphatic rings. The van der Waals surface area contributed by atoms with Gasteiger partial charge in [-0.15, -0.1) is 11.3 Å². The molecule has 170 valence electrons. The second-order valence-corrected chi connectivity index (χ2v) is 9.31. The van der Waals surface area contributed by atoms with E-state index in [0.29, 0.717) is 23.1 Å². The largest absolute Gasteiger partial charge is 0.477 e. The van der Waals surface area contributed by atoms with E-state index in [2.05, 4.69) is 23.2 Å². The molecule has 4 rings (SSSR count). The first-order valence-electron chi connectivity index (χ1n) is 11.1. The van der Waals surface area contributed by atoms with Crippen molar-refractivity contribution < 1.29 is 15.0 Å². The number of aliphatic hydroxyl groups excluding tert-OH is 1. The Morgan fingerprint density at radius 1 is 1.31 bits per heavy atom. The van der Waals surface area contributed by atoms with Gasteiger partial charge in [-0.1, -0.05) is 43.7 Å². The van der Waals surface area contributed by atoms with Gasteiger partial charge in [0.2, 0.25) is 0 Å². The fraction of sp³-hybridized carbons (Fsp3) is 0.417. The Balaban J connectivity index is 1.43. The number of aryl methyl sites for hydroxylation is 1. The Kier molecular flexibility index (Phi) is 6.93. The van der Waals surface area contributed by atoms with Crippen LogP contribution in [0.1, 0.15) is 53.1 Å². The number of piperidine rings is 1. The van der Waals surface area contributed by atoms with Crippen LogP contribution in [0.3, 0.4) is 0 Å². The molecule has 8 heteroatoms. The first-order chi connectivity index (χ1) is 15.5. The number of benzene rings is 1. The zero-order valence-corrected chi connectivity index (χ0v) is 19.1. The number of rotatable bonds is 8. The summed E-state index contributed by atoms with van der Waals surface area (Å²) in [4.78, 5) is 19.5. The number of pyridine rings is 1. The summed E-state index contributed by atoms with van der Waals surface area (Å²) in [6.07, 6.45) is 3.18. The first-order valence-corrected chi connectivity index (χ1v) is 12.0. The molecular weight excluding hydrogens is 424 g/mol. The molecule has 1 fully saturated rings. The highest BCUT2D eigenvalue weighted by atomic mass is 32.1. The Hall–Kier alpha value is -2.68. The summed E-state index contributed by atoms with van der Waals surface area (Å²) < 4.78 is 0. The number of aliphatic hydroxyl groups is 1. The molecule has 2 aromatic heterocycles. The van der Waals surface area contributed by atoms with Crippen LogP contribution < -0.4 is 16.0 Å². The van der Waals surface area contributed by atoms with Crippen molar-refractivity contribution in [3.8, 4) is 0 Å². The van der Waals surface area contributed by atoms with E-state index < -0.39 is 12.1 Å². The van der Waals surface area contributed by atoms with Crippen molar-refractivity contribution in [1.29, 1.82) is 0 Å². The van der Waals surface area contributed by atoms with E-state index in [1.54, 1.807) is 0 Å². The monoisotopic (exact) mass is 454 g/mol. The number of hydrogen-bond donors (Lipinski definition) is 4. The maximum absolute atomic E-state index is 11.6. The molecule has 1 saturated heterocycles. The van der Waals surface area contributed by atoms with Gasteiger partial charge >= 0.3 is 5.97 Å². The van der Waals surface area contributed by atoms with Crippen molar-refractivity contribution in [3.63, 3.8) is 0 Å². The number of nitrogens with two attached hydrogens (primary N) is 1. The van der Waals surface area contributed by atoms with E-state index in [1.807, 2.05) is 30.3 Å². The Bertz CT molecular complexity index is 1080. The minimum Gasteiger partial charge on any atom is -0.477 e. The van der Waals surface area contributed by atoms with Crippen LogP contribution in [-0.2, 0) is 6.42 Å². The van der Waals surface area contributed by atoms with Crippen LogP contribution in [-0.4, -0.2) is 46.8 Å². The van der Waals surface area contributed by atoms with Gasteiger partial charge in [0, 0.05) is 31.1 Å². The molecule has 3 heterocycles. The second kappa shape index (κ2) is 9.85. The Morgan fingerprint density at radius 3 is 2.69 bits per heavy atom. The molecule has 32 heavy (non-hydrogen) atoms. The second-order valence-electron chi connectivity index (χ2n) is 8.32. The Labute approximate surface area is 191 Å². The fourth-order valence-corrected chi connectivity index (χ4v) is 5.33. The molecule has 0 saturated carbocycles. The maximum Gasteiger partial charge on any atom is 0.348 e. The number of thiophene rings is 1. The van der Waals surface area contributed by atoms with E-state index in [4.69, 9.17) is 10.7 Å². The predicted octanol–water partition coefficient (Wildman–Crippen LogP) is 3.82. The molecule has 1 atom stereocenters. The number of anilines is 2. The van der Waals surface area contributed by atoms with Gasteiger partial charge in [-0.05, 0) is 36.5 Å². The number of hydrogen-bond acceptors (Lipinski definition) is 7. The van der Waals surface area contributed by atoms with Gasteiger partial charge in [-0.3, -0.25) is 0 Å². The molecule has 1 aliphatic heterocycles. The van der Waals surface area contributed by atoms with Crippen LogP contribution in [0.25, 0.3) is 10.2 Å². The van der Waals surface area contributed by atoms with Crippen molar-refractivity contribution in [2.45, 2.75) is 44.8 Å². The number of nitrogen functional groups attached to an aromatic ring is 1. The number of carboxylic acid groups (broad SMARTS) is 1. The van der Waals surface area contributed by atoms with Gasteiger partial charge in [-0.2, -0.15) is 0 Å². The highest BCUT2D eigenvalue weighted by Gasteiger charge is 2.24. The zero-order valence-electron chi connectivity index (χ0n) is 18.3. The lowest BCUT2D eigenvalue weighted by Gasteiger charge is -2.34. The van der Waals surface area contributed by atoms with Gasteiger partial charge in [-0.25, -0.2) is 9.78 Å². The van der Waals surface area contributed by atoms with Crippen molar-refractivity contribution in [1.82, 2.24) is 10.3 Å². The number of aromatic nitrogens is 1. The van der Waals surface area contributed by atoms with Crippen molar-refractivity contribution in [2.75, 3.05) is 30.3 Å². The van der Waals surface area contributed by atoms with Crippen molar-refractivity contribution >= 4 is 39.0 Å². The number of fused-ring (bicyclic) bond motifs is 1. The first kappa shape index (κ1) is 22.5. The SMILES string of the molecule is CCCc1cc(N2CCC(NCC(O)c3ccccc3)CC2)nc2sc(C(=O)O)c(N)c12. The molecule has 7 nitrogen and oxygen atoms in total. The zero-order chi connectivity index (χ0) is 22.7. The van der Waals surface area contributed by atoms with Crippen LogP contribution in [0.5, 0.6) is 0 Å². The highest BCUT2D eigenvalue weighted by molar-refractivity contribution is 7.21. The van der Waals surface area contributed by atoms with Gasteiger partial charge in [0.1, 0.15) is 15.5 Å². The van der Waals surface area contributed by atoms with Crippen LogP contribution >= 0.6 is 11.3 Å². The number of aromatic carboxylic acids is 1.